The number of aliphatic carboxylic acids is 1. The van der Waals surface area contributed by atoms with Crippen molar-refractivity contribution in [1.29, 1.82) is 0 Å². The Kier molecular flexibility index (Phi) is 6.26. The number of nitrogens with two attached hydrogens (primary N) is 1. The molecule has 0 atom stereocenters. The Morgan fingerprint density at radius 3 is 2.67 bits per heavy atom. The summed E-state index contributed by atoms with van der Waals surface area (Å²) in [6.07, 6.45) is 3.56. The first-order chi connectivity index (χ1) is 14.3. The predicted molar refractivity (Wildman–Crippen MR) is 121 cm³/mol. The van der Waals surface area contributed by atoms with E-state index in [0.29, 0.717) is 12.4 Å². The first kappa shape index (κ1) is 20.8. The van der Waals surface area contributed by atoms with E-state index in [2.05, 4.69) is 61.6 Å². The summed E-state index contributed by atoms with van der Waals surface area (Å²) in [6.45, 7) is 1.79. The Morgan fingerprint density at radius 1 is 1.20 bits per heavy atom. The molecule has 0 unspecified atom stereocenters. The van der Waals surface area contributed by atoms with Crippen molar-refractivity contribution in [3.05, 3.63) is 59.8 Å². The van der Waals surface area contributed by atoms with Crippen LogP contribution in [-0.4, -0.2) is 41.4 Å². The molecule has 0 amide bonds. The highest BCUT2D eigenvalue weighted by atomic mass is 16.4. The lowest BCUT2D eigenvalue weighted by atomic mass is 9.95. The number of carbonyl (C=O) groups is 1. The summed E-state index contributed by atoms with van der Waals surface area (Å²) in [7, 11) is 4.09. The fraction of sp³-hybridized carbons (Fsp3) is 0.182. The van der Waals surface area contributed by atoms with Crippen LogP contribution in [0, 0.1) is 0 Å². The highest BCUT2D eigenvalue weighted by Gasteiger charge is 2.15. The van der Waals surface area contributed by atoms with Gasteiger partial charge in [0.1, 0.15) is 5.82 Å². The number of nitrogens with zero attached hydrogens (tertiary/aromatic N) is 4. The molecule has 1 aromatic heterocycles. The van der Waals surface area contributed by atoms with Crippen LogP contribution in [0.15, 0.2) is 53.7 Å². The summed E-state index contributed by atoms with van der Waals surface area (Å²) in [5.41, 5.74) is 12.5. The number of benzene rings is 2. The second-order valence-corrected chi connectivity index (χ2v) is 6.95. The van der Waals surface area contributed by atoms with Gasteiger partial charge < -0.3 is 21.1 Å². The molecule has 2 aromatic carbocycles. The molecule has 1 aliphatic heterocycles. The van der Waals surface area contributed by atoms with Crippen molar-refractivity contribution in [2.75, 3.05) is 30.0 Å². The number of anilines is 4. The number of aliphatic imine (C=N–C) groups is 1. The monoisotopic (exact) mass is 404 g/mol. The molecule has 8 heteroatoms. The highest BCUT2D eigenvalue weighted by Crippen LogP contribution is 2.34. The van der Waals surface area contributed by atoms with Gasteiger partial charge in [-0.15, -0.1) is 0 Å². The molecule has 0 fully saturated rings. The number of nitrogen functional groups attached to an aromatic ring is 1. The van der Waals surface area contributed by atoms with Crippen LogP contribution in [0.25, 0.3) is 11.1 Å². The van der Waals surface area contributed by atoms with E-state index in [0.717, 1.165) is 23.9 Å². The molecular weight excluding hydrogens is 380 g/mol. The fourth-order valence-corrected chi connectivity index (χ4v) is 3.09. The summed E-state index contributed by atoms with van der Waals surface area (Å²) in [5.74, 6) is 0.0806. The van der Waals surface area contributed by atoms with Crippen LogP contribution >= 0.6 is 0 Å². The first-order valence-corrected chi connectivity index (χ1v) is 9.33. The Labute approximate surface area is 175 Å². The van der Waals surface area contributed by atoms with Crippen LogP contribution in [0.2, 0.25) is 0 Å². The number of carboxylic acids is 1. The van der Waals surface area contributed by atoms with E-state index >= 15 is 0 Å². The Hall–Kier alpha value is -3.94. The van der Waals surface area contributed by atoms with Crippen LogP contribution in [0.3, 0.4) is 0 Å². The molecule has 0 aliphatic carbocycles. The SMILES string of the molecule is CC(=O)O.CN(C)c1cccc(-c2cc(Nc3ccnc(N)n3)cc3c2CN=C3)c1. The van der Waals surface area contributed by atoms with Crippen LogP contribution in [0.1, 0.15) is 18.1 Å². The predicted octanol–water partition coefficient (Wildman–Crippen LogP) is 3.56. The molecule has 0 radical (unpaired) electrons. The third-order valence-corrected chi connectivity index (χ3v) is 4.38. The van der Waals surface area contributed by atoms with E-state index in [4.69, 9.17) is 15.6 Å². The molecule has 2 heterocycles. The van der Waals surface area contributed by atoms with E-state index in [1.807, 2.05) is 20.3 Å². The third-order valence-electron chi connectivity index (χ3n) is 4.38. The summed E-state index contributed by atoms with van der Waals surface area (Å²) in [5, 5.41) is 10.7. The van der Waals surface area contributed by atoms with E-state index in [1.165, 1.54) is 16.7 Å². The molecule has 3 aromatic rings. The molecule has 0 bridgehead atoms. The van der Waals surface area contributed by atoms with Crippen LogP contribution in [0.4, 0.5) is 23.1 Å². The van der Waals surface area contributed by atoms with Gasteiger partial charge in [0.05, 0.1) is 6.54 Å². The van der Waals surface area contributed by atoms with Crippen molar-refractivity contribution in [1.82, 2.24) is 9.97 Å². The van der Waals surface area contributed by atoms with Crippen molar-refractivity contribution in [2.45, 2.75) is 13.5 Å². The number of nitrogens with one attached hydrogen (secondary N) is 1. The van der Waals surface area contributed by atoms with Gasteiger partial charge >= 0.3 is 0 Å². The number of carboxylic acid groups (broad SMARTS) is 1. The number of aromatic nitrogens is 2. The van der Waals surface area contributed by atoms with Gasteiger partial charge in [-0.25, -0.2) is 4.98 Å². The summed E-state index contributed by atoms with van der Waals surface area (Å²) < 4.78 is 0. The average Bonchev–Trinajstić information content (AvgIpc) is 3.15. The van der Waals surface area contributed by atoms with Crippen molar-refractivity contribution >= 4 is 35.3 Å². The van der Waals surface area contributed by atoms with Gasteiger partial charge in [0.15, 0.2) is 0 Å². The van der Waals surface area contributed by atoms with Crippen molar-refractivity contribution in [3.8, 4) is 11.1 Å². The van der Waals surface area contributed by atoms with Gasteiger partial charge in [0, 0.05) is 50.4 Å². The van der Waals surface area contributed by atoms with Gasteiger partial charge in [-0.3, -0.25) is 9.79 Å². The van der Waals surface area contributed by atoms with Crippen molar-refractivity contribution in [3.63, 3.8) is 0 Å². The molecular formula is C22H24N6O2. The molecule has 8 nitrogen and oxygen atoms in total. The Balaban J connectivity index is 0.000000589. The standard InChI is InChI=1S/C20H20N6.C2H4O2/c1-26(2)16-5-3-4-13(9-16)17-10-15(8-14-11-22-12-18(14)17)24-19-6-7-23-20(21)25-19;1-2(3)4/h3-11H,12H2,1-2H3,(H3,21,23,24,25);1H3,(H,3,4). The zero-order valence-electron chi connectivity index (χ0n) is 17.1. The highest BCUT2D eigenvalue weighted by molar-refractivity contribution is 5.92. The second-order valence-electron chi connectivity index (χ2n) is 6.95. The minimum absolute atomic E-state index is 0.247. The quantitative estimate of drug-likeness (QED) is 0.609. The van der Waals surface area contributed by atoms with E-state index in [1.54, 1.807) is 12.3 Å². The molecule has 0 spiro atoms. The Morgan fingerprint density at radius 2 is 1.97 bits per heavy atom. The van der Waals surface area contributed by atoms with Crippen LogP contribution in [-0.2, 0) is 11.3 Å². The molecule has 0 saturated heterocycles. The van der Waals surface area contributed by atoms with E-state index in [-0.39, 0.29) is 5.95 Å². The van der Waals surface area contributed by atoms with Gasteiger partial charge in [-0.2, -0.15) is 4.98 Å². The van der Waals surface area contributed by atoms with Gasteiger partial charge in [-0.1, -0.05) is 12.1 Å². The van der Waals surface area contributed by atoms with Crippen LogP contribution in [0.5, 0.6) is 0 Å². The van der Waals surface area contributed by atoms with Gasteiger partial charge in [0.2, 0.25) is 5.95 Å². The smallest absolute Gasteiger partial charge is 0.300 e. The molecule has 4 rings (SSSR count). The number of fused-ring (bicyclic) bond motifs is 1. The minimum atomic E-state index is -0.833. The Bertz CT molecular complexity index is 1090. The van der Waals surface area contributed by atoms with Crippen molar-refractivity contribution in [2.24, 2.45) is 4.99 Å². The normalized spacial score (nSPS) is 11.3. The average molecular weight is 404 g/mol. The van der Waals surface area contributed by atoms with Gasteiger partial charge in [0.25, 0.3) is 5.97 Å². The number of rotatable bonds is 4. The first-order valence-electron chi connectivity index (χ1n) is 9.33. The lowest BCUT2D eigenvalue weighted by Gasteiger charge is -2.16. The minimum Gasteiger partial charge on any atom is -0.481 e. The molecule has 0 saturated carbocycles. The maximum absolute atomic E-state index is 9.00. The zero-order valence-corrected chi connectivity index (χ0v) is 17.1. The lowest BCUT2D eigenvalue weighted by Crippen LogP contribution is -2.08. The topological polar surface area (TPSA) is 117 Å². The maximum Gasteiger partial charge on any atom is 0.300 e. The maximum atomic E-state index is 9.00. The van der Waals surface area contributed by atoms with Gasteiger partial charge in [-0.05, 0) is 47.0 Å². The second kappa shape index (κ2) is 9.04. The molecule has 4 N–H and O–H groups in total. The molecule has 154 valence electrons. The lowest BCUT2D eigenvalue weighted by molar-refractivity contribution is -0.134. The number of hydrogen-bond acceptors (Lipinski definition) is 7. The molecule has 30 heavy (non-hydrogen) atoms. The third kappa shape index (κ3) is 5.11. The largest absolute Gasteiger partial charge is 0.481 e. The number of hydrogen-bond donors (Lipinski definition) is 3. The van der Waals surface area contributed by atoms with E-state index < -0.39 is 5.97 Å². The van der Waals surface area contributed by atoms with Crippen LogP contribution < -0.4 is 16.0 Å². The van der Waals surface area contributed by atoms with Crippen molar-refractivity contribution < 1.29 is 9.90 Å². The summed E-state index contributed by atoms with van der Waals surface area (Å²) >= 11 is 0. The fourth-order valence-electron chi connectivity index (χ4n) is 3.09. The van der Waals surface area contributed by atoms with E-state index in [9.17, 15) is 0 Å². The summed E-state index contributed by atoms with van der Waals surface area (Å²) in [6, 6.07) is 14.5. The summed E-state index contributed by atoms with van der Waals surface area (Å²) in [4.78, 5) is 23.7. The zero-order chi connectivity index (χ0) is 21.7. The molecule has 1 aliphatic rings.